The SMILES string of the molecule is NCc1ccc2c(c1)COCCn1cc(C(F)(F)F)nc1-2. The number of rotatable bonds is 1. The second kappa shape index (κ2) is 5.16. The number of aromatic nitrogens is 2. The van der Waals surface area contributed by atoms with Crippen LogP contribution in [0.1, 0.15) is 16.8 Å². The maximum atomic E-state index is 12.8. The average Bonchev–Trinajstić information content (AvgIpc) is 2.84. The Hall–Kier alpha value is -1.86. The molecule has 3 rings (SSSR count). The summed E-state index contributed by atoms with van der Waals surface area (Å²) in [7, 11) is 0. The smallest absolute Gasteiger partial charge is 0.375 e. The van der Waals surface area contributed by atoms with Crippen molar-refractivity contribution < 1.29 is 17.9 Å². The maximum Gasteiger partial charge on any atom is 0.434 e. The molecule has 2 N–H and O–H groups in total. The molecule has 0 unspecified atom stereocenters. The largest absolute Gasteiger partial charge is 0.434 e. The highest BCUT2D eigenvalue weighted by Crippen LogP contribution is 2.33. The molecule has 4 nitrogen and oxygen atoms in total. The van der Waals surface area contributed by atoms with Gasteiger partial charge in [0.1, 0.15) is 5.82 Å². The lowest BCUT2D eigenvalue weighted by atomic mass is 10.0. The maximum absolute atomic E-state index is 12.8. The Morgan fingerprint density at radius 2 is 2.14 bits per heavy atom. The monoisotopic (exact) mass is 297 g/mol. The van der Waals surface area contributed by atoms with Crippen LogP contribution >= 0.6 is 0 Å². The molecule has 0 fully saturated rings. The number of hydrogen-bond donors (Lipinski definition) is 1. The van der Waals surface area contributed by atoms with Crippen LogP contribution in [0.5, 0.6) is 0 Å². The number of imidazole rings is 1. The summed E-state index contributed by atoms with van der Waals surface area (Å²) in [5.41, 5.74) is 7.09. The zero-order valence-corrected chi connectivity index (χ0v) is 11.2. The van der Waals surface area contributed by atoms with E-state index in [2.05, 4.69) is 4.98 Å². The third-order valence-corrected chi connectivity index (χ3v) is 3.45. The fourth-order valence-corrected chi connectivity index (χ4v) is 2.39. The molecule has 1 aliphatic heterocycles. The molecule has 0 amide bonds. The minimum atomic E-state index is -4.45. The second-order valence-corrected chi connectivity index (χ2v) is 4.89. The van der Waals surface area contributed by atoms with Gasteiger partial charge in [-0.1, -0.05) is 18.2 Å². The molecule has 0 radical (unpaired) electrons. The molecular weight excluding hydrogens is 283 g/mol. The van der Waals surface area contributed by atoms with E-state index >= 15 is 0 Å². The molecule has 7 heteroatoms. The fourth-order valence-electron chi connectivity index (χ4n) is 2.39. The number of benzene rings is 1. The van der Waals surface area contributed by atoms with E-state index in [4.69, 9.17) is 10.5 Å². The number of nitrogens with two attached hydrogens (primary N) is 1. The first-order chi connectivity index (χ1) is 9.99. The molecule has 0 saturated heterocycles. The van der Waals surface area contributed by atoms with Gasteiger partial charge >= 0.3 is 6.18 Å². The van der Waals surface area contributed by atoms with Gasteiger partial charge in [0.05, 0.1) is 13.2 Å². The normalized spacial score (nSPS) is 15.0. The highest BCUT2D eigenvalue weighted by atomic mass is 19.4. The van der Waals surface area contributed by atoms with Crippen LogP contribution in [-0.4, -0.2) is 16.2 Å². The van der Waals surface area contributed by atoms with Gasteiger partial charge in [-0.2, -0.15) is 13.2 Å². The molecule has 0 atom stereocenters. The van der Waals surface area contributed by atoms with Crippen LogP contribution in [-0.2, 0) is 30.6 Å². The summed E-state index contributed by atoms with van der Waals surface area (Å²) in [6.45, 7) is 1.40. The Bertz CT molecular complexity index is 664. The molecule has 0 spiro atoms. The molecule has 0 bridgehead atoms. The molecule has 112 valence electrons. The highest BCUT2D eigenvalue weighted by Gasteiger charge is 2.35. The number of fused-ring (bicyclic) bond motifs is 3. The van der Waals surface area contributed by atoms with Crippen molar-refractivity contribution in [1.29, 1.82) is 0 Å². The molecule has 1 aromatic heterocycles. The number of ether oxygens (including phenoxy) is 1. The van der Waals surface area contributed by atoms with E-state index in [0.717, 1.165) is 17.3 Å². The van der Waals surface area contributed by atoms with Crippen LogP contribution in [0, 0.1) is 0 Å². The molecular formula is C14H14F3N3O. The molecule has 1 aromatic carbocycles. The number of halogens is 3. The van der Waals surface area contributed by atoms with Crippen LogP contribution in [0.25, 0.3) is 11.4 Å². The Labute approximate surface area is 119 Å². The Morgan fingerprint density at radius 3 is 2.86 bits per heavy atom. The second-order valence-electron chi connectivity index (χ2n) is 4.89. The summed E-state index contributed by atoms with van der Waals surface area (Å²) in [6, 6.07) is 5.41. The number of hydrogen-bond acceptors (Lipinski definition) is 3. The third-order valence-electron chi connectivity index (χ3n) is 3.45. The van der Waals surface area contributed by atoms with Crippen molar-refractivity contribution in [2.24, 2.45) is 5.73 Å². The lowest BCUT2D eigenvalue weighted by Crippen LogP contribution is -2.12. The highest BCUT2D eigenvalue weighted by molar-refractivity contribution is 5.62. The first-order valence-electron chi connectivity index (χ1n) is 6.53. The lowest BCUT2D eigenvalue weighted by Gasteiger charge is -2.17. The van der Waals surface area contributed by atoms with Crippen molar-refractivity contribution in [1.82, 2.24) is 9.55 Å². The Morgan fingerprint density at radius 1 is 1.33 bits per heavy atom. The van der Waals surface area contributed by atoms with Crippen LogP contribution in [0.3, 0.4) is 0 Å². The third kappa shape index (κ3) is 2.66. The van der Waals surface area contributed by atoms with Crippen LogP contribution in [0.4, 0.5) is 13.2 Å². The summed E-state index contributed by atoms with van der Waals surface area (Å²) >= 11 is 0. The summed E-state index contributed by atoms with van der Waals surface area (Å²) in [5.74, 6) is 0.323. The molecule has 0 aliphatic carbocycles. The number of alkyl halides is 3. The molecule has 1 aliphatic rings. The minimum absolute atomic E-state index is 0.323. The van der Waals surface area contributed by atoms with Gasteiger partial charge in [-0.05, 0) is 11.1 Å². The zero-order valence-electron chi connectivity index (χ0n) is 11.2. The van der Waals surface area contributed by atoms with Crippen LogP contribution < -0.4 is 5.73 Å². The Balaban J connectivity index is 2.15. The van der Waals surface area contributed by atoms with Gasteiger partial charge in [-0.25, -0.2) is 4.98 Å². The van der Waals surface area contributed by atoms with E-state index in [9.17, 15) is 13.2 Å². The van der Waals surface area contributed by atoms with Crippen molar-refractivity contribution in [2.45, 2.75) is 25.9 Å². The van der Waals surface area contributed by atoms with Gasteiger partial charge in [-0.15, -0.1) is 0 Å². The van der Waals surface area contributed by atoms with Crippen LogP contribution in [0.2, 0.25) is 0 Å². The topological polar surface area (TPSA) is 53.1 Å². The van der Waals surface area contributed by atoms with E-state index in [0.29, 0.717) is 37.7 Å². The predicted molar refractivity (Wildman–Crippen MR) is 70.2 cm³/mol. The van der Waals surface area contributed by atoms with Crippen LogP contribution in [0.15, 0.2) is 24.4 Å². The van der Waals surface area contributed by atoms with Gasteiger partial charge in [-0.3, -0.25) is 0 Å². The molecule has 0 saturated carbocycles. The molecule has 21 heavy (non-hydrogen) atoms. The average molecular weight is 297 g/mol. The van der Waals surface area contributed by atoms with E-state index < -0.39 is 11.9 Å². The van der Waals surface area contributed by atoms with Crippen molar-refractivity contribution in [3.05, 3.63) is 41.2 Å². The first kappa shape index (κ1) is 14.1. The predicted octanol–water partition coefficient (Wildman–Crippen LogP) is 2.56. The minimum Gasteiger partial charge on any atom is -0.375 e. The van der Waals surface area contributed by atoms with E-state index in [1.165, 1.54) is 4.57 Å². The standard InChI is InChI=1S/C14H14F3N3O/c15-14(16,17)12-7-20-3-4-21-8-10-5-9(6-18)1-2-11(10)13(20)19-12/h1-2,5,7H,3-4,6,8,18H2. The van der Waals surface area contributed by atoms with Gasteiger partial charge in [0.15, 0.2) is 5.69 Å². The fraction of sp³-hybridized carbons (Fsp3) is 0.357. The van der Waals surface area contributed by atoms with Gasteiger partial charge < -0.3 is 15.0 Å². The van der Waals surface area contributed by atoms with Crippen molar-refractivity contribution in [3.63, 3.8) is 0 Å². The van der Waals surface area contributed by atoms with Gasteiger partial charge in [0, 0.05) is 24.8 Å². The van der Waals surface area contributed by atoms with E-state index in [1.54, 1.807) is 12.1 Å². The summed E-state index contributed by atoms with van der Waals surface area (Å²) in [5, 5.41) is 0. The van der Waals surface area contributed by atoms with Gasteiger partial charge in [0.25, 0.3) is 0 Å². The summed E-state index contributed by atoms with van der Waals surface area (Å²) in [6.07, 6.45) is -3.42. The van der Waals surface area contributed by atoms with E-state index in [-0.39, 0.29) is 0 Å². The zero-order chi connectivity index (χ0) is 15.0. The van der Waals surface area contributed by atoms with Gasteiger partial charge in [0.2, 0.25) is 0 Å². The lowest BCUT2D eigenvalue weighted by molar-refractivity contribution is -0.140. The Kier molecular flexibility index (Phi) is 3.46. The van der Waals surface area contributed by atoms with Crippen molar-refractivity contribution >= 4 is 0 Å². The molecule has 2 aromatic rings. The first-order valence-corrected chi connectivity index (χ1v) is 6.53. The summed E-state index contributed by atoms with van der Waals surface area (Å²) in [4.78, 5) is 3.77. The van der Waals surface area contributed by atoms with E-state index in [1.807, 2.05) is 6.07 Å². The molecule has 2 heterocycles. The number of nitrogens with zero attached hydrogens (tertiary/aromatic N) is 2. The quantitative estimate of drug-likeness (QED) is 0.880. The van der Waals surface area contributed by atoms with Crippen molar-refractivity contribution in [2.75, 3.05) is 6.61 Å². The summed E-state index contributed by atoms with van der Waals surface area (Å²) < 4.78 is 45.5. The van der Waals surface area contributed by atoms with Crippen molar-refractivity contribution in [3.8, 4) is 11.4 Å².